The average Bonchev–Trinajstić information content (AvgIpc) is 2.45. The number of carbonyl (C=O) groups is 1. The second kappa shape index (κ2) is 6.17. The summed E-state index contributed by atoms with van der Waals surface area (Å²) in [6, 6.07) is 10.6. The first-order valence-corrected chi connectivity index (χ1v) is 6.02. The molecular weight excluding hydrogens is 264 g/mol. The van der Waals surface area contributed by atoms with Crippen molar-refractivity contribution in [2.24, 2.45) is 5.84 Å². The zero-order chi connectivity index (χ0) is 13.7. The lowest BCUT2D eigenvalue weighted by molar-refractivity contribution is 0.0946. The van der Waals surface area contributed by atoms with Crippen LogP contribution in [0.4, 0.5) is 5.69 Å². The molecule has 0 unspecified atom stereocenters. The van der Waals surface area contributed by atoms with Crippen LogP contribution in [0.25, 0.3) is 0 Å². The van der Waals surface area contributed by atoms with Gasteiger partial charge >= 0.3 is 0 Å². The van der Waals surface area contributed by atoms with Crippen LogP contribution in [0, 0.1) is 0 Å². The molecule has 0 atom stereocenters. The average molecular weight is 277 g/mol. The van der Waals surface area contributed by atoms with E-state index in [1.807, 2.05) is 12.1 Å². The van der Waals surface area contributed by atoms with Crippen LogP contribution < -0.4 is 16.6 Å². The lowest BCUT2D eigenvalue weighted by Crippen LogP contribution is -2.24. The normalized spacial score (nSPS) is 10.0. The number of hydrogen-bond acceptors (Lipinski definition) is 4. The molecule has 1 heterocycles. The molecule has 0 saturated carbocycles. The van der Waals surface area contributed by atoms with Crippen LogP contribution >= 0.6 is 11.6 Å². The molecule has 0 bridgehead atoms. The van der Waals surface area contributed by atoms with E-state index < -0.39 is 0 Å². The highest BCUT2D eigenvalue weighted by molar-refractivity contribution is 6.30. The second-order valence-corrected chi connectivity index (χ2v) is 4.32. The van der Waals surface area contributed by atoms with Gasteiger partial charge in [0.05, 0.1) is 5.69 Å². The third-order valence-electron chi connectivity index (χ3n) is 2.50. The molecule has 0 radical (unpaired) electrons. The van der Waals surface area contributed by atoms with Crippen molar-refractivity contribution in [2.45, 2.75) is 6.54 Å². The molecule has 5 nitrogen and oxygen atoms in total. The fraction of sp³-hybridized carbons (Fsp3) is 0.0769. The standard InChI is InChI=1S/C13H13ClN4O/c14-10-3-1-2-9(6-10)8-17-13(19)12-7-11(18-15)4-5-16-12/h1-7H,8,15H2,(H,16,18)(H,17,19). The Bertz CT molecular complexity index is 588. The molecule has 19 heavy (non-hydrogen) atoms. The van der Waals surface area contributed by atoms with Crippen LogP contribution in [-0.4, -0.2) is 10.9 Å². The summed E-state index contributed by atoms with van der Waals surface area (Å²) in [4.78, 5) is 15.9. The molecule has 98 valence electrons. The summed E-state index contributed by atoms with van der Waals surface area (Å²) in [6.07, 6.45) is 1.52. The molecule has 0 saturated heterocycles. The van der Waals surface area contributed by atoms with Crippen molar-refractivity contribution < 1.29 is 4.79 Å². The van der Waals surface area contributed by atoms with E-state index in [0.717, 1.165) is 5.56 Å². The molecule has 1 aromatic carbocycles. The smallest absolute Gasteiger partial charge is 0.270 e. The lowest BCUT2D eigenvalue weighted by atomic mass is 10.2. The van der Waals surface area contributed by atoms with E-state index in [4.69, 9.17) is 17.4 Å². The maximum absolute atomic E-state index is 11.9. The van der Waals surface area contributed by atoms with Crippen LogP contribution in [0.3, 0.4) is 0 Å². The van der Waals surface area contributed by atoms with Crippen molar-refractivity contribution >= 4 is 23.2 Å². The molecule has 0 fully saturated rings. The Labute approximate surface area is 115 Å². The van der Waals surface area contributed by atoms with Gasteiger partial charge in [-0.25, -0.2) is 0 Å². The number of halogens is 1. The Balaban J connectivity index is 2.01. The number of hydrazine groups is 1. The van der Waals surface area contributed by atoms with Gasteiger partial charge in [0.1, 0.15) is 5.69 Å². The monoisotopic (exact) mass is 276 g/mol. The predicted octanol–water partition coefficient (Wildman–Crippen LogP) is 1.95. The summed E-state index contributed by atoms with van der Waals surface area (Å²) in [5, 5.41) is 3.40. The summed E-state index contributed by atoms with van der Waals surface area (Å²) >= 11 is 5.87. The zero-order valence-corrected chi connectivity index (χ0v) is 10.8. The molecule has 6 heteroatoms. The van der Waals surface area contributed by atoms with Crippen LogP contribution in [0.2, 0.25) is 5.02 Å². The number of rotatable bonds is 4. The number of hydrogen-bond donors (Lipinski definition) is 3. The highest BCUT2D eigenvalue weighted by Gasteiger charge is 2.07. The van der Waals surface area contributed by atoms with Crippen LogP contribution in [0.15, 0.2) is 42.6 Å². The van der Waals surface area contributed by atoms with Crippen molar-refractivity contribution in [1.82, 2.24) is 10.3 Å². The van der Waals surface area contributed by atoms with E-state index in [2.05, 4.69) is 15.7 Å². The summed E-state index contributed by atoms with van der Waals surface area (Å²) in [5.41, 5.74) is 4.32. The van der Waals surface area contributed by atoms with Crippen LogP contribution in [0.1, 0.15) is 16.1 Å². The van der Waals surface area contributed by atoms with Gasteiger partial charge in [-0.2, -0.15) is 0 Å². The molecule has 1 amide bonds. The van der Waals surface area contributed by atoms with Gasteiger partial charge in [-0.05, 0) is 29.8 Å². The van der Waals surface area contributed by atoms with Gasteiger partial charge in [0, 0.05) is 17.8 Å². The number of aromatic nitrogens is 1. The number of benzene rings is 1. The second-order valence-electron chi connectivity index (χ2n) is 3.89. The SMILES string of the molecule is NNc1ccnc(C(=O)NCc2cccc(Cl)c2)c1. The Hall–Kier alpha value is -2.11. The molecule has 0 aliphatic heterocycles. The molecule has 2 rings (SSSR count). The largest absolute Gasteiger partial charge is 0.347 e. The van der Waals surface area contributed by atoms with E-state index >= 15 is 0 Å². The van der Waals surface area contributed by atoms with Crippen molar-refractivity contribution in [1.29, 1.82) is 0 Å². The molecule has 0 aliphatic rings. The number of nitrogen functional groups attached to an aromatic ring is 1. The third-order valence-corrected chi connectivity index (χ3v) is 2.74. The number of pyridine rings is 1. The van der Waals surface area contributed by atoms with Gasteiger partial charge in [0.2, 0.25) is 0 Å². The third kappa shape index (κ3) is 3.67. The van der Waals surface area contributed by atoms with Gasteiger partial charge < -0.3 is 10.7 Å². The minimum Gasteiger partial charge on any atom is -0.347 e. The van der Waals surface area contributed by atoms with Crippen LogP contribution in [-0.2, 0) is 6.54 Å². The first kappa shape index (κ1) is 13.3. The fourth-order valence-corrected chi connectivity index (χ4v) is 1.78. The Morgan fingerprint density at radius 1 is 1.32 bits per heavy atom. The van der Waals surface area contributed by atoms with E-state index in [1.54, 1.807) is 24.3 Å². The van der Waals surface area contributed by atoms with Crippen molar-refractivity contribution in [3.63, 3.8) is 0 Å². The van der Waals surface area contributed by atoms with Crippen molar-refractivity contribution in [3.05, 3.63) is 58.9 Å². The van der Waals surface area contributed by atoms with Gasteiger partial charge in [-0.3, -0.25) is 15.6 Å². The zero-order valence-electron chi connectivity index (χ0n) is 10.1. The first-order valence-electron chi connectivity index (χ1n) is 5.64. The van der Waals surface area contributed by atoms with E-state index in [1.165, 1.54) is 6.20 Å². The Kier molecular flexibility index (Phi) is 4.33. The fourth-order valence-electron chi connectivity index (χ4n) is 1.56. The molecular formula is C13H13ClN4O. The molecule has 0 aliphatic carbocycles. The molecule has 4 N–H and O–H groups in total. The maximum atomic E-state index is 11.9. The van der Waals surface area contributed by atoms with Crippen LogP contribution in [0.5, 0.6) is 0 Å². The molecule has 2 aromatic rings. The van der Waals surface area contributed by atoms with Gasteiger partial charge in [0.15, 0.2) is 0 Å². The number of amides is 1. The van der Waals surface area contributed by atoms with Crippen molar-refractivity contribution in [2.75, 3.05) is 5.43 Å². The summed E-state index contributed by atoms with van der Waals surface area (Å²) < 4.78 is 0. The minimum atomic E-state index is -0.267. The van der Waals surface area contributed by atoms with Crippen molar-refractivity contribution in [3.8, 4) is 0 Å². The topological polar surface area (TPSA) is 80.0 Å². The number of nitrogens with one attached hydrogen (secondary N) is 2. The number of nitrogens with zero attached hydrogens (tertiary/aromatic N) is 1. The Morgan fingerprint density at radius 3 is 2.89 bits per heavy atom. The van der Waals surface area contributed by atoms with E-state index in [0.29, 0.717) is 22.9 Å². The first-order chi connectivity index (χ1) is 9.19. The highest BCUT2D eigenvalue weighted by Crippen LogP contribution is 2.11. The summed E-state index contributed by atoms with van der Waals surface area (Å²) in [7, 11) is 0. The Morgan fingerprint density at radius 2 is 2.16 bits per heavy atom. The summed E-state index contributed by atoms with van der Waals surface area (Å²) in [6.45, 7) is 0.390. The number of carbonyl (C=O) groups excluding carboxylic acids is 1. The lowest BCUT2D eigenvalue weighted by Gasteiger charge is -2.06. The van der Waals surface area contributed by atoms with Gasteiger partial charge in [-0.15, -0.1) is 0 Å². The maximum Gasteiger partial charge on any atom is 0.270 e. The quantitative estimate of drug-likeness (QED) is 0.589. The predicted molar refractivity (Wildman–Crippen MR) is 74.7 cm³/mol. The molecule has 0 spiro atoms. The number of anilines is 1. The van der Waals surface area contributed by atoms with E-state index in [9.17, 15) is 4.79 Å². The van der Waals surface area contributed by atoms with Gasteiger partial charge in [0.25, 0.3) is 5.91 Å². The minimum absolute atomic E-state index is 0.267. The van der Waals surface area contributed by atoms with E-state index in [-0.39, 0.29) is 5.91 Å². The summed E-state index contributed by atoms with van der Waals surface area (Å²) in [5.74, 6) is 5.01. The van der Waals surface area contributed by atoms with Gasteiger partial charge in [-0.1, -0.05) is 23.7 Å². The number of nitrogens with two attached hydrogens (primary N) is 1. The highest BCUT2D eigenvalue weighted by atomic mass is 35.5. The molecule has 1 aromatic heterocycles.